The van der Waals surface area contributed by atoms with E-state index < -0.39 is 0 Å². The normalized spacial score (nSPS) is 23.4. The molecule has 0 saturated carbocycles. The molecular weight excluding hydrogens is 238 g/mol. The number of nitrogens with zero attached hydrogens (tertiary/aromatic N) is 2. The number of carbonyl (C=O) groups excluding carboxylic acids is 1. The standard InChI is InChI=1S/C15H23N3O/c1-4-12-10-18(8-6-14(12)16-3)15(19)13-5-7-17-11(2)9-13/h5,7,9,12,14,16H,4,6,8,10H2,1-3H3. The molecule has 2 unspecified atom stereocenters. The van der Waals surface area contributed by atoms with Crippen molar-refractivity contribution in [2.45, 2.75) is 32.7 Å². The van der Waals surface area contributed by atoms with E-state index in [1.807, 2.05) is 24.9 Å². The Bertz CT molecular complexity index is 447. The highest BCUT2D eigenvalue weighted by atomic mass is 16.2. The zero-order valence-corrected chi connectivity index (χ0v) is 12.0. The maximum absolute atomic E-state index is 12.5. The fraction of sp³-hybridized carbons (Fsp3) is 0.600. The molecule has 4 heteroatoms. The maximum Gasteiger partial charge on any atom is 0.253 e. The Morgan fingerprint density at radius 2 is 2.37 bits per heavy atom. The van der Waals surface area contributed by atoms with Crippen LogP contribution in [0.1, 0.15) is 35.8 Å². The van der Waals surface area contributed by atoms with Gasteiger partial charge < -0.3 is 10.2 Å². The van der Waals surface area contributed by atoms with E-state index in [2.05, 4.69) is 17.2 Å². The summed E-state index contributed by atoms with van der Waals surface area (Å²) in [6.45, 7) is 5.79. The van der Waals surface area contributed by atoms with Crippen LogP contribution in [0.15, 0.2) is 18.3 Å². The summed E-state index contributed by atoms with van der Waals surface area (Å²) < 4.78 is 0. The number of pyridine rings is 1. The van der Waals surface area contributed by atoms with Gasteiger partial charge in [0, 0.05) is 36.6 Å². The molecule has 1 aliphatic heterocycles. The lowest BCUT2D eigenvalue weighted by Gasteiger charge is -2.38. The fourth-order valence-electron chi connectivity index (χ4n) is 2.87. The van der Waals surface area contributed by atoms with Gasteiger partial charge in [-0.3, -0.25) is 9.78 Å². The van der Waals surface area contributed by atoms with Crippen LogP contribution in [0.5, 0.6) is 0 Å². The highest BCUT2D eigenvalue weighted by molar-refractivity contribution is 5.94. The lowest BCUT2D eigenvalue weighted by Crippen LogP contribution is -2.50. The van der Waals surface area contributed by atoms with Crippen LogP contribution in [-0.2, 0) is 0 Å². The van der Waals surface area contributed by atoms with Gasteiger partial charge in [-0.15, -0.1) is 0 Å². The Kier molecular flexibility index (Phi) is 4.53. The van der Waals surface area contributed by atoms with Crippen molar-refractivity contribution >= 4 is 5.91 Å². The number of hydrogen-bond donors (Lipinski definition) is 1. The molecule has 2 heterocycles. The molecule has 1 aromatic heterocycles. The minimum Gasteiger partial charge on any atom is -0.338 e. The summed E-state index contributed by atoms with van der Waals surface area (Å²) >= 11 is 0. The first-order chi connectivity index (χ1) is 9.15. The van der Waals surface area contributed by atoms with Crippen LogP contribution < -0.4 is 5.32 Å². The van der Waals surface area contributed by atoms with Crippen molar-refractivity contribution in [3.05, 3.63) is 29.6 Å². The van der Waals surface area contributed by atoms with Crippen LogP contribution in [-0.4, -0.2) is 42.0 Å². The summed E-state index contributed by atoms with van der Waals surface area (Å²) in [7, 11) is 2.01. The second-order valence-corrected chi connectivity index (χ2v) is 5.29. The molecular formula is C15H23N3O. The van der Waals surface area contributed by atoms with Crippen LogP contribution >= 0.6 is 0 Å². The Morgan fingerprint density at radius 1 is 1.58 bits per heavy atom. The van der Waals surface area contributed by atoms with Crippen molar-refractivity contribution in [1.82, 2.24) is 15.2 Å². The number of piperidine rings is 1. The van der Waals surface area contributed by atoms with Crippen LogP contribution in [0.3, 0.4) is 0 Å². The Labute approximate surface area is 115 Å². The van der Waals surface area contributed by atoms with Gasteiger partial charge in [0.1, 0.15) is 0 Å². The van der Waals surface area contributed by atoms with Gasteiger partial charge in [0.15, 0.2) is 0 Å². The first-order valence-corrected chi connectivity index (χ1v) is 7.05. The van der Waals surface area contributed by atoms with Crippen LogP contribution in [0.2, 0.25) is 0 Å². The summed E-state index contributed by atoms with van der Waals surface area (Å²) in [5.41, 5.74) is 1.65. The highest BCUT2D eigenvalue weighted by Crippen LogP contribution is 2.21. The lowest BCUT2D eigenvalue weighted by atomic mass is 9.89. The van der Waals surface area contributed by atoms with Crippen molar-refractivity contribution in [2.24, 2.45) is 5.92 Å². The Morgan fingerprint density at radius 3 is 3.00 bits per heavy atom. The molecule has 1 saturated heterocycles. The number of nitrogens with one attached hydrogen (secondary N) is 1. The van der Waals surface area contributed by atoms with E-state index in [0.29, 0.717) is 12.0 Å². The van der Waals surface area contributed by atoms with E-state index in [0.717, 1.165) is 37.2 Å². The van der Waals surface area contributed by atoms with Gasteiger partial charge in [0.05, 0.1) is 0 Å². The van der Waals surface area contributed by atoms with E-state index in [1.165, 1.54) is 0 Å². The zero-order valence-electron chi connectivity index (χ0n) is 12.0. The first-order valence-electron chi connectivity index (χ1n) is 7.05. The molecule has 1 fully saturated rings. The molecule has 0 radical (unpaired) electrons. The average molecular weight is 261 g/mol. The van der Waals surface area contributed by atoms with Crippen molar-refractivity contribution in [3.8, 4) is 0 Å². The quantitative estimate of drug-likeness (QED) is 0.903. The number of aromatic nitrogens is 1. The molecule has 2 rings (SSSR count). The average Bonchev–Trinajstić information content (AvgIpc) is 2.45. The van der Waals surface area contributed by atoms with Crippen LogP contribution in [0.4, 0.5) is 0 Å². The molecule has 1 amide bonds. The van der Waals surface area contributed by atoms with Gasteiger partial charge in [-0.05, 0) is 38.4 Å². The predicted molar refractivity (Wildman–Crippen MR) is 76.1 cm³/mol. The van der Waals surface area contributed by atoms with E-state index in [9.17, 15) is 4.79 Å². The summed E-state index contributed by atoms with van der Waals surface area (Å²) in [6, 6.07) is 4.21. The molecule has 0 bridgehead atoms. The van der Waals surface area contributed by atoms with Crippen LogP contribution in [0, 0.1) is 12.8 Å². The molecule has 4 nitrogen and oxygen atoms in total. The minimum atomic E-state index is 0.138. The number of aryl methyl sites for hydroxylation is 1. The number of amides is 1. The third kappa shape index (κ3) is 3.13. The van der Waals surface area contributed by atoms with Gasteiger partial charge in [0.2, 0.25) is 0 Å². The van der Waals surface area contributed by atoms with Crippen molar-refractivity contribution in [3.63, 3.8) is 0 Å². The second kappa shape index (κ2) is 6.15. The molecule has 19 heavy (non-hydrogen) atoms. The van der Waals surface area contributed by atoms with E-state index in [1.54, 1.807) is 12.3 Å². The van der Waals surface area contributed by atoms with Crippen molar-refractivity contribution < 1.29 is 4.79 Å². The molecule has 104 valence electrons. The Balaban J connectivity index is 2.08. The summed E-state index contributed by atoms with van der Waals surface area (Å²) in [5.74, 6) is 0.684. The number of hydrogen-bond acceptors (Lipinski definition) is 3. The monoisotopic (exact) mass is 261 g/mol. The van der Waals surface area contributed by atoms with Gasteiger partial charge in [0.25, 0.3) is 5.91 Å². The summed E-state index contributed by atoms with van der Waals surface area (Å²) in [6.07, 6.45) is 3.84. The molecule has 2 atom stereocenters. The number of likely N-dealkylation sites (tertiary alicyclic amines) is 1. The van der Waals surface area contributed by atoms with Crippen molar-refractivity contribution in [1.29, 1.82) is 0 Å². The third-order valence-corrected chi connectivity index (χ3v) is 4.06. The zero-order chi connectivity index (χ0) is 13.8. The fourth-order valence-corrected chi connectivity index (χ4v) is 2.87. The third-order valence-electron chi connectivity index (χ3n) is 4.06. The van der Waals surface area contributed by atoms with Gasteiger partial charge in [-0.2, -0.15) is 0 Å². The second-order valence-electron chi connectivity index (χ2n) is 5.29. The molecule has 1 N–H and O–H groups in total. The smallest absolute Gasteiger partial charge is 0.253 e. The molecule has 0 aliphatic carbocycles. The van der Waals surface area contributed by atoms with Gasteiger partial charge >= 0.3 is 0 Å². The minimum absolute atomic E-state index is 0.138. The highest BCUT2D eigenvalue weighted by Gasteiger charge is 2.29. The Hall–Kier alpha value is -1.42. The van der Waals surface area contributed by atoms with Gasteiger partial charge in [-0.1, -0.05) is 13.3 Å². The molecule has 0 spiro atoms. The topological polar surface area (TPSA) is 45.2 Å². The largest absolute Gasteiger partial charge is 0.338 e. The maximum atomic E-state index is 12.5. The molecule has 0 aromatic carbocycles. The number of rotatable bonds is 3. The van der Waals surface area contributed by atoms with Crippen LogP contribution in [0.25, 0.3) is 0 Å². The SMILES string of the molecule is CCC1CN(C(=O)c2ccnc(C)c2)CCC1NC. The van der Waals surface area contributed by atoms with Gasteiger partial charge in [-0.25, -0.2) is 0 Å². The van der Waals surface area contributed by atoms with E-state index >= 15 is 0 Å². The number of carbonyl (C=O) groups is 1. The lowest BCUT2D eigenvalue weighted by molar-refractivity contribution is 0.0631. The molecule has 1 aliphatic rings. The van der Waals surface area contributed by atoms with E-state index in [4.69, 9.17) is 0 Å². The van der Waals surface area contributed by atoms with E-state index in [-0.39, 0.29) is 5.91 Å². The molecule has 1 aromatic rings. The predicted octanol–water partition coefficient (Wildman–Crippen LogP) is 1.85. The summed E-state index contributed by atoms with van der Waals surface area (Å²) in [4.78, 5) is 18.6. The first kappa shape index (κ1) is 14.0. The van der Waals surface area contributed by atoms with Crippen molar-refractivity contribution in [2.75, 3.05) is 20.1 Å². The summed E-state index contributed by atoms with van der Waals surface area (Å²) in [5, 5.41) is 3.37.